The van der Waals surface area contributed by atoms with E-state index in [0.717, 1.165) is 6.42 Å². The highest BCUT2D eigenvalue weighted by molar-refractivity contribution is 5.92. The fraction of sp³-hybridized carbons (Fsp3) is 0.333. The molecule has 3 N–H and O–H groups in total. The zero-order valence-corrected chi connectivity index (χ0v) is 8.81. The maximum absolute atomic E-state index is 10.9. The van der Waals surface area contributed by atoms with Gasteiger partial charge in [-0.3, -0.25) is 4.79 Å². The van der Waals surface area contributed by atoms with Gasteiger partial charge in [-0.2, -0.15) is 5.26 Å². The minimum absolute atomic E-state index is 0.389. The first-order valence-electron chi connectivity index (χ1n) is 5.22. The molecule has 2 unspecified atom stereocenters. The van der Waals surface area contributed by atoms with Crippen LogP contribution in [0.2, 0.25) is 0 Å². The molecule has 0 aromatic heterocycles. The normalized spacial score (nSPS) is 22.4. The summed E-state index contributed by atoms with van der Waals surface area (Å²) in [7, 11) is 0. The lowest BCUT2D eigenvalue weighted by Crippen LogP contribution is -2.17. The van der Waals surface area contributed by atoms with Crippen molar-refractivity contribution in [3.63, 3.8) is 0 Å². The summed E-state index contributed by atoms with van der Waals surface area (Å²) in [6.45, 7) is 0.389. The van der Waals surface area contributed by atoms with Gasteiger partial charge in [0.2, 0.25) is 5.91 Å². The van der Waals surface area contributed by atoms with Gasteiger partial charge in [0.25, 0.3) is 0 Å². The largest absolute Gasteiger partial charge is 0.366 e. The predicted octanol–water partition coefficient (Wildman–Crippen LogP) is 0.755. The van der Waals surface area contributed by atoms with E-state index in [4.69, 9.17) is 11.0 Å². The van der Waals surface area contributed by atoms with Crippen molar-refractivity contribution >= 4 is 5.91 Å². The molecule has 1 aromatic rings. The molecule has 0 radical (unpaired) electrons. The second-order valence-corrected chi connectivity index (χ2v) is 3.97. The van der Waals surface area contributed by atoms with Crippen molar-refractivity contribution in [2.75, 3.05) is 6.54 Å². The summed E-state index contributed by atoms with van der Waals surface area (Å²) in [4.78, 5) is 10.9. The smallest absolute Gasteiger partial charge is 0.248 e. The first kappa shape index (κ1) is 10.7. The Kier molecular flexibility index (Phi) is 2.88. The molecular formula is C12H13N3O. The number of nitrogens with two attached hydrogens (primary N) is 1. The zero-order valence-electron chi connectivity index (χ0n) is 8.81. The van der Waals surface area contributed by atoms with E-state index in [1.165, 1.54) is 5.56 Å². The third-order valence-corrected chi connectivity index (χ3v) is 2.86. The Bertz CT molecular complexity index is 433. The van der Waals surface area contributed by atoms with E-state index in [9.17, 15) is 4.79 Å². The van der Waals surface area contributed by atoms with Crippen molar-refractivity contribution in [2.45, 2.75) is 18.4 Å². The Morgan fingerprint density at radius 3 is 2.75 bits per heavy atom. The van der Waals surface area contributed by atoms with E-state index < -0.39 is 5.91 Å². The summed E-state index contributed by atoms with van der Waals surface area (Å²) in [5.74, 6) is 0.0665. The maximum Gasteiger partial charge on any atom is 0.248 e. The Morgan fingerprint density at radius 2 is 2.19 bits per heavy atom. The topological polar surface area (TPSA) is 78.9 Å². The van der Waals surface area contributed by atoms with Gasteiger partial charge in [-0.1, -0.05) is 12.1 Å². The molecule has 4 nitrogen and oxygen atoms in total. The average molecular weight is 215 g/mol. The van der Waals surface area contributed by atoms with E-state index in [-0.39, 0.29) is 0 Å². The van der Waals surface area contributed by atoms with Gasteiger partial charge in [-0.25, -0.2) is 0 Å². The van der Waals surface area contributed by atoms with Crippen molar-refractivity contribution in [2.24, 2.45) is 5.73 Å². The molecule has 1 aliphatic rings. The Balaban J connectivity index is 1.97. The van der Waals surface area contributed by atoms with Crippen LogP contribution in [0.15, 0.2) is 24.3 Å². The predicted molar refractivity (Wildman–Crippen MR) is 59.7 cm³/mol. The molecule has 1 fully saturated rings. The van der Waals surface area contributed by atoms with Gasteiger partial charge >= 0.3 is 0 Å². The van der Waals surface area contributed by atoms with Gasteiger partial charge < -0.3 is 11.1 Å². The van der Waals surface area contributed by atoms with Crippen LogP contribution in [-0.4, -0.2) is 18.5 Å². The first-order valence-corrected chi connectivity index (χ1v) is 5.22. The molecular weight excluding hydrogens is 202 g/mol. The van der Waals surface area contributed by atoms with Gasteiger partial charge in [0, 0.05) is 17.5 Å². The van der Waals surface area contributed by atoms with Crippen LogP contribution in [-0.2, 0) is 0 Å². The van der Waals surface area contributed by atoms with Crippen molar-refractivity contribution in [3.8, 4) is 6.07 Å². The van der Waals surface area contributed by atoms with Gasteiger partial charge in [0.15, 0.2) is 0 Å². The van der Waals surface area contributed by atoms with Crippen LogP contribution in [0, 0.1) is 11.3 Å². The second kappa shape index (κ2) is 4.33. The monoisotopic (exact) mass is 215 g/mol. The third-order valence-electron chi connectivity index (χ3n) is 2.86. The number of hydrogen-bond acceptors (Lipinski definition) is 3. The van der Waals surface area contributed by atoms with Crippen molar-refractivity contribution in [3.05, 3.63) is 35.4 Å². The van der Waals surface area contributed by atoms with Crippen LogP contribution in [0.25, 0.3) is 0 Å². The lowest BCUT2D eigenvalue weighted by molar-refractivity contribution is 0.100. The molecule has 0 spiro atoms. The first-order chi connectivity index (χ1) is 7.72. The van der Waals surface area contributed by atoms with Crippen LogP contribution in [0.4, 0.5) is 0 Å². The number of amides is 1. The molecule has 0 bridgehead atoms. The fourth-order valence-electron chi connectivity index (χ4n) is 1.86. The molecule has 0 saturated heterocycles. The summed E-state index contributed by atoms with van der Waals surface area (Å²) in [5, 5.41) is 11.6. The summed E-state index contributed by atoms with van der Waals surface area (Å²) in [6.07, 6.45) is 1.05. The third kappa shape index (κ3) is 2.20. The van der Waals surface area contributed by atoms with E-state index in [0.29, 0.717) is 24.1 Å². The molecule has 2 rings (SSSR count). The Labute approximate surface area is 94.1 Å². The average Bonchev–Trinajstić information content (AvgIpc) is 3.06. The maximum atomic E-state index is 10.9. The number of carbonyl (C=O) groups is 1. The minimum atomic E-state index is -0.401. The number of nitrogens with one attached hydrogen (secondary N) is 1. The van der Waals surface area contributed by atoms with Crippen molar-refractivity contribution < 1.29 is 4.79 Å². The molecule has 16 heavy (non-hydrogen) atoms. The van der Waals surface area contributed by atoms with E-state index >= 15 is 0 Å². The molecule has 4 heteroatoms. The number of carbonyl (C=O) groups excluding carboxylic acids is 1. The summed E-state index contributed by atoms with van der Waals surface area (Å²) in [5.41, 5.74) is 6.89. The zero-order chi connectivity index (χ0) is 11.5. The van der Waals surface area contributed by atoms with E-state index in [1.807, 2.05) is 12.1 Å². The van der Waals surface area contributed by atoms with Crippen LogP contribution in [0.5, 0.6) is 0 Å². The number of hydrogen-bond donors (Lipinski definition) is 2. The highest BCUT2D eigenvalue weighted by atomic mass is 16.1. The molecule has 82 valence electrons. The molecule has 1 aromatic carbocycles. The molecule has 0 aliphatic heterocycles. The number of benzene rings is 1. The number of primary amides is 1. The van der Waals surface area contributed by atoms with Crippen molar-refractivity contribution in [1.82, 2.24) is 5.32 Å². The molecule has 1 saturated carbocycles. The highest BCUT2D eigenvalue weighted by Crippen LogP contribution is 2.40. The number of nitriles is 1. The van der Waals surface area contributed by atoms with Gasteiger partial charge in [0.1, 0.15) is 0 Å². The highest BCUT2D eigenvalue weighted by Gasteiger charge is 2.37. The Hall–Kier alpha value is -1.86. The molecule has 1 amide bonds. The van der Waals surface area contributed by atoms with Crippen LogP contribution < -0.4 is 11.1 Å². The van der Waals surface area contributed by atoms with Gasteiger partial charge in [-0.05, 0) is 24.1 Å². The van der Waals surface area contributed by atoms with Crippen molar-refractivity contribution in [1.29, 1.82) is 5.26 Å². The Morgan fingerprint density at radius 1 is 1.50 bits per heavy atom. The summed E-state index contributed by atoms with van der Waals surface area (Å²) < 4.78 is 0. The molecule has 2 atom stereocenters. The molecule has 1 aliphatic carbocycles. The van der Waals surface area contributed by atoms with Crippen LogP contribution in [0.3, 0.4) is 0 Å². The lowest BCUT2D eigenvalue weighted by Gasteiger charge is -2.01. The van der Waals surface area contributed by atoms with Gasteiger partial charge in [-0.15, -0.1) is 0 Å². The lowest BCUT2D eigenvalue weighted by atomic mass is 10.1. The molecule has 0 heterocycles. The van der Waals surface area contributed by atoms with Gasteiger partial charge in [0.05, 0.1) is 12.6 Å². The summed E-state index contributed by atoms with van der Waals surface area (Å²) in [6, 6.07) is 9.82. The SMILES string of the molecule is N#CCNC1CC1c1ccc(C(N)=O)cc1. The van der Waals surface area contributed by atoms with E-state index in [2.05, 4.69) is 11.4 Å². The quantitative estimate of drug-likeness (QED) is 0.727. The van der Waals surface area contributed by atoms with E-state index in [1.54, 1.807) is 12.1 Å². The summed E-state index contributed by atoms with van der Waals surface area (Å²) >= 11 is 0. The second-order valence-electron chi connectivity index (χ2n) is 3.97. The van der Waals surface area contributed by atoms with Crippen LogP contribution in [0.1, 0.15) is 28.3 Å². The number of rotatable bonds is 4. The number of nitrogens with zero attached hydrogens (tertiary/aromatic N) is 1. The standard InChI is InChI=1S/C12H13N3O/c13-5-6-15-11-7-10(11)8-1-3-9(4-2-8)12(14)16/h1-4,10-11,15H,6-7H2,(H2,14,16). The van der Waals surface area contributed by atoms with Crippen LogP contribution >= 0.6 is 0 Å². The minimum Gasteiger partial charge on any atom is -0.366 e. The fourth-order valence-corrected chi connectivity index (χ4v) is 1.86.